The van der Waals surface area contributed by atoms with Crippen molar-refractivity contribution in [2.45, 2.75) is 5.16 Å². The summed E-state index contributed by atoms with van der Waals surface area (Å²) in [5, 5.41) is 11.2. The lowest BCUT2D eigenvalue weighted by molar-refractivity contribution is -0.113. The van der Waals surface area contributed by atoms with Crippen LogP contribution in [-0.2, 0) is 11.8 Å². The van der Waals surface area contributed by atoms with E-state index in [2.05, 4.69) is 15.5 Å². The minimum Gasteiger partial charge on any atom is -0.323 e. The third-order valence-corrected chi connectivity index (χ3v) is 4.42. The fourth-order valence-electron chi connectivity index (χ4n) is 2.19. The number of hydrogen-bond acceptors (Lipinski definition) is 4. The van der Waals surface area contributed by atoms with Gasteiger partial charge < -0.3 is 9.88 Å². The average molecular weight is 360 g/mol. The highest BCUT2D eigenvalue weighted by Crippen LogP contribution is 2.23. The molecule has 1 N–H and O–H groups in total. The molecule has 1 amide bonds. The van der Waals surface area contributed by atoms with Gasteiger partial charge in [0.2, 0.25) is 5.91 Å². The molecule has 1 aromatic heterocycles. The smallest absolute Gasteiger partial charge is 0.234 e. The molecule has 3 rings (SSSR count). The number of hydrogen-bond donors (Lipinski definition) is 1. The Labute approximate surface area is 147 Å². The molecular weight excluding hydrogens is 346 g/mol. The lowest BCUT2D eigenvalue weighted by atomic mass is 10.2. The number of nitrogens with zero attached hydrogens (tertiary/aromatic N) is 3. The predicted octanol–water partition coefficient (Wildman–Crippen LogP) is 3.49. The van der Waals surface area contributed by atoms with Crippen LogP contribution in [0.3, 0.4) is 0 Å². The number of benzene rings is 2. The monoisotopic (exact) mass is 360 g/mol. The lowest BCUT2D eigenvalue weighted by Crippen LogP contribution is -2.15. The van der Waals surface area contributed by atoms with Crippen molar-refractivity contribution in [2.75, 3.05) is 11.1 Å². The number of amides is 1. The maximum Gasteiger partial charge on any atom is 0.234 e. The van der Waals surface area contributed by atoms with Crippen LogP contribution in [0.15, 0.2) is 53.7 Å². The fraction of sp³-hybridized carbons (Fsp3) is 0.118. The van der Waals surface area contributed by atoms with E-state index in [-0.39, 0.29) is 11.4 Å². The largest absolute Gasteiger partial charge is 0.323 e. The van der Waals surface area contributed by atoms with Crippen molar-refractivity contribution in [3.05, 3.63) is 60.2 Å². The zero-order valence-corrected chi connectivity index (χ0v) is 14.1. The van der Waals surface area contributed by atoms with Gasteiger partial charge in [-0.3, -0.25) is 4.79 Å². The topological polar surface area (TPSA) is 59.8 Å². The molecule has 2 aromatic carbocycles. The van der Waals surface area contributed by atoms with Crippen LogP contribution in [0.4, 0.5) is 14.5 Å². The molecule has 0 radical (unpaired) electrons. The average Bonchev–Trinajstić information content (AvgIpc) is 2.97. The Morgan fingerprint density at radius 2 is 1.92 bits per heavy atom. The zero-order valence-electron chi connectivity index (χ0n) is 13.2. The highest BCUT2D eigenvalue weighted by atomic mass is 32.2. The number of nitrogens with one attached hydrogen (secondary N) is 1. The normalized spacial score (nSPS) is 10.7. The van der Waals surface area contributed by atoms with Crippen LogP contribution in [-0.4, -0.2) is 26.4 Å². The Morgan fingerprint density at radius 1 is 1.16 bits per heavy atom. The summed E-state index contributed by atoms with van der Waals surface area (Å²) in [5.41, 5.74) is 0.858. The second kappa shape index (κ2) is 7.43. The van der Waals surface area contributed by atoms with E-state index in [1.807, 2.05) is 37.4 Å². The summed E-state index contributed by atoms with van der Waals surface area (Å²) in [4.78, 5) is 12.0. The highest BCUT2D eigenvalue weighted by Gasteiger charge is 2.14. The minimum atomic E-state index is -0.816. The van der Waals surface area contributed by atoms with E-state index in [0.717, 1.165) is 17.7 Å². The SMILES string of the molecule is Cn1c(SCC(=O)Nc2ccc(F)cc2F)nnc1-c1ccccc1. The Hall–Kier alpha value is -2.74. The Kier molecular flexibility index (Phi) is 5.08. The van der Waals surface area contributed by atoms with Gasteiger partial charge in [-0.05, 0) is 12.1 Å². The van der Waals surface area contributed by atoms with Gasteiger partial charge in [0.1, 0.15) is 11.6 Å². The molecule has 0 aliphatic carbocycles. The molecule has 0 saturated heterocycles. The zero-order chi connectivity index (χ0) is 17.8. The number of anilines is 1. The van der Waals surface area contributed by atoms with E-state index in [0.29, 0.717) is 11.0 Å². The Bertz CT molecular complexity index is 899. The summed E-state index contributed by atoms with van der Waals surface area (Å²) in [6.45, 7) is 0. The van der Waals surface area contributed by atoms with Crippen LogP contribution in [0.2, 0.25) is 0 Å². The van der Waals surface area contributed by atoms with Crippen LogP contribution < -0.4 is 5.32 Å². The molecule has 0 saturated carbocycles. The summed E-state index contributed by atoms with van der Waals surface area (Å²) in [6, 6.07) is 12.5. The molecule has 0 atom stereocenters. The lowest BCUT2D eigenvalue weighted by Gasteiger charge is -2.06. The van der Waals surface area contributed by atoms with E-state index < -0.39 is 17.5 Å². The molecule has 0 unspecified atom stereocenters. The fourth-order valence-corrected chi connectivity index (χ4v) is 2.90. The molecule has 1 heterocycles. The van der Waals surface area contributed by atoms with Gasteiger partial charge in [-0.1, -0.05) is 42.1 Å². The van der Waals surface area contributed by atoms with Gasteiger partial charge in [0, 0.05) is 18.7 Å². The van der Waals surface area contributed by atoms with E-state index in [9.17, 15) is 13.6 Å². The molecule has 25 heavy (non-hydrogen) atoms. The van der Waals surface area contributed by atoms with Crippen LogP contribution in [0, 0.1) is 11.6 Å². The van der Waals surface area contributed by atoms with E-state index in [4.69, 9.17) is 0 Å². The third kappa shape index (κ3) is 4.03. The molecule has 5 nitrogen and oxygen atoms in total. The molecular formula is C17H14F2N4OS. The number of carbonyl (C=O) groups is 1. The molecule has 0 aliphatic rings. The molecule has 0 aliphatic heterocycles. The first-order valence-corrected chi connectivity index (χ1v) is 8.35. The Balaban J connectivity index is 1.64. The van der Waals surface area contributed by atoms with Crippen LogP contribution in [0.1, 0.15) is 0 Å². The van der Waals surface area contributed by atoms with Crippen LogP contribution in [0.25, 0.3) is 11.4 Å². The van der Waals surface area contributed by atoms with Crippen LogP contribution in [0.5, 0.6) is 0 Å². The molecule has 0 bridgehead atoms. The Morgan fingerprint density at radius 3 is 2.64 bits per heavy atom. The quantitative estimate of drug-likeness (QED) is 0.708. The van der Waals surface area contributed by atoms with Gasteiger partial charge in [-0.15, -0.1) is 10.2 Å². The first-order chi connectivity index (χ1) is 12.0. The standard InChI is InChI=1S/C17H14F2N4OS/c1-23-16(11-5-3-2-4-6-11)21-22-17(23)25-10-15(24)20-14-8-7-12(18)9-13(14)19/h2-9H,10H2,1H3,(H,20,24). The third-order valence-electron chi connectivity index (χ3n) is 3.40. The van der Waals surface area contributed by atoms with Gasteiger partial charge in [0.15, 0.2) is 11.0 Å². The van der Waals surface area contributed by atoms with E-state index in [1.165, 1.54) is 17.8 Å². The number of carbonyl (C=O) groups excluding carboxylic acids is 1. The summed E-state index contributed by atoms with van der Waals surface area (Å²) < 4.78 is 28.2. The number of rotatable bonds is 5. The van der Waals surface area contributed by atoms with E-state index in [1.54, 1.807) is 4.57 Å². The van der Waals surface area contributed by atoms with E-state index >= 15 is 0 Å². The van der Waals surface area contributed by atoms with Crippen molar-refractivity contribution in [3.63, 3.8) is 0 Å². The van der Waals surface area contributed by atoms with Gasteiger partial charge in [0.05, 0.1) is 11.4 Å². The van der Waals surface area contributed by atoms with Crippen molar-refractivity contribution in [3.8, 4) is 11.4 Å². The molecule has 0 fully saturated rings. The number of aromatic nitrogens is 3. The van der Waals surface area contributed by atoms with Crippen molar-refractivity contribution in [1.82, 2.24) is 14.8 Å². The van der Waals surface area contributed by atoms with Crippen molar-refractivity contribution < 1.29 is 13.6 Å². The number of thioether (sulfide) groups is 1. The predicted molar refractivity (Wildman–Crippen MR) is 92.2 cm³/mol. The van der Waals surface area contributed by atoms with Gasteiger partial charge in [-0.2, -0.15) is 0 Å². The first-order valence-electron chi connectivity index (χ1n) is 7.37. The van der Waals surface area contributed by atoms with Crippen molar-refractivity contribution >= 4 is 23.4 Å². The van der Waals surface area contributed by atoms with Crippen molar-refractivity contribution in [2.24, 2.45) is 7.05 Å². The van der Waals surface area contributed by atoms with Gasteiger partial charge in [-0.25, -0.2) is 8.78 Å². The maximum absolute atomic E-state index is 13.5. The highest BCUT2D eigenvalue weighted by molar-refractivity contribution is 7.99. The minimum absolute atomic E-state index is 0.0254. The second-order valence-corrected chi connectivity index (χ2v) is 6.13. The summed E-state index contributed by atoms with van der Waals surface area (Å²) in [5.74, 6) is -1.22. The summed E-state index contributed by atoms with van der Waals surface area (Å²) >= 11 is 1.18. The van der Waals surface area contributed by atoms with Crippen molar-refractivity contribution in [1.29, 1.82) is 0 Å². The maximum atomic E-state index is 13.5. The second-order valence-electron chi connectivity index (χ2n) is 5.19. The first kappa shape index (κ1) is 17.1. The number of halogens is 2. The van der Waals surface area contributed by atoms with Gasteiger partial charge in [0.25, 0.3) is 0 Å². The van der Waals surface area contributed by atoms with Crippen LogP contribution >= 0.6 is 11.8 Å². The molecule has 8 heteroatoms. The molecule has 0 spiro atoms. The van der Waals surface area contributed by atoms with Gasteiger partial charge >= 0.3 is 0 Å². The summed E-state index contributed by atoms with van der Waals surface area (Å²) in [7, 11) is 1.81. The molecule has 128 valence electrons. The summed E-state index contributed by atoms with van der Waals surface area (Å²) in [6.07, 6.45) is 0. The molecule has 3 aromatic rings.